The third-order valence-corrected chi connectivity index (χ3v) is 5.55. The first kappa shape index (κ1) is 18.4. The molecule has 0 spiro atoms. The number of nitrogens with zero attached hydrogens (tertiary/aromatic N) is 1. The first-order valence-corrected chi connectivity index (χ1v) is 9.95. The zero-order chi connectivity index (χ0) is 18.6. The fourth-order valence-corrected chi connectivity index (χ4v) is 3.76. The molecule has 26 heavy (non-hydrogen) atoms. The monoisotopic (exact) mass is 373 g/mol. The maximum absolute atomic E-state index is 12.5. The molecule has 0 radical (unpaired) electrons. The molecule has 6 nitrogen and oxygen atoms in total. The number of aliphatic imine (C=N–C) groups is 1. The molecule has 1 atom stereocenters. The lowest BCUT2D eigenvalue weighted by atomic mass is 10.2. The van der Waals surface area contributed by atoms with Gasteiger partial charge >= 0.3 is 0 Å². The van der Waals surface area contributed by atoms with Gasteiger partial charge in [-0.2, -0.15) is 0 Å². The molecule has 3 rings (SSSR count). The van der Waals surface area contributed by atoms with Crippen molar-refractivity contribution in [2.24, 2.45) is 4.99 Å². The average molecular weight is 373 g/mol. The summed E-state index contributed by atoms with van der Waals surface area (Å²) in [5.41, 5.74) is 1.64. The first-order chi connectivity index (χ1) is 12.4. The van der Waals surface area contributed by atoms with Crippen molar-refractivity contribution in [1.29, 1.82) is 0 Å². The van der Waals surface area contributed by atoms with E-state index in [-0.39, 0.29) is 16.9 Å². The van der Waals surface area contributed by atoms with Crippen molar-refractivity contribution in [3.63, 3.8) is 0 Å². The van der Waals surface area contributed by atoms with Crippen molar-refractivity contribution in [2.45, 2.75) is 30.8 Å². The second-order valence-corrected chi connectivity index (χ2v) is 7.96. The second kappa shape index (κ2) is 7.88. The molecule has 0 amide bonds. The number of hydrogen-bond donors (Lipinski definition) is 1. The Balaban J connectivity index is 1.74. The van der Waals surface area contributed by atoms with E-state index in [0.29, 0.717) is 24.4 Å². The van der Waals surface area contributed by atoms with E-state index < -0.39 is 10.0 Å². The highest BCUT2D eigenvalue weighted by atomic mass is 32.2. The average Bonchev–Trinajstić information content (AvgIpc) is 3.13. The van der Waals surface area contributed by atoms with Gasteiger partial charge in [0.25, 0.3) is 10.0 Å². The van der Waals surface area contributed by atoms with Crippen molar-refractivity contribution < 1.29 is 18.3 Å². The van der Waals surface area contributed by atoms with E-state index in [1.54, 1.807) is 42.5 Å². The summed E-state index contributed by atoms with van der Waals surface area (Å²) in [5, 5.41) is 12.2. The largest absolute Gasteiger partial charge is 0.858 e. The molecular formula is C19H21N2O4S-. The molecular weight excluding hydrogens is 352 g/mol. The summed E-state index contributed by atoms with van der Waals surface area (Å²) in [6.45, 7) is 2.93. The van der Waals surface area contributed by atoms with Gasteiger partial charge in [0.15, 0.2) is 0 Å². The second-order valence-electron chi connectivity index (χ2n) is 6.28. The third-order valence-electron chi connectivity index (χ3n) is 4.16. The van der Waals surface area contributed by atoms with Crippen molar-refractivity contribution in [3.8, 4) is 0 Å². The number of anilines is 1. The molecule has 138 valence electrons. The van der Waals surface area contributed by atoms with E-state index in [4.69, 9.17) is 4.74 Å². The lowest BCUT2D eigenvalue weighted by molar-refractivity contribution is -0.213. The van der Waals surface area contributed by atoms with Crippen LogP contribution in [0.3, 0.4) is 0 Å². The van der Waals surface area contributed by atoms with Gasteiger partial charge in [-0.25, -0.2) is 8.42 Å². The van der Waals surface area contributed by atoms with E-state index in [1.165, 1.54) is 6.07 Å². The smallest absolute Gasteiger partial charge is 0.261 e. The highest BCUT2D eigenvalue weighted by Gasteiger charge is 2.15. The van der Waals surface area contributed by atoms with Gasteiger partial charge in [0, 0.05) is 12.3 Å². The van der Waals surface area contributed by atoms with Crippen LogP contribution in [0.15, 0.2) is 58.4 Å². The molecule has 7 heteroatoms. The number of rotatable bonds is 6. The van der Waals surface area contributed by atoms with Gasteiger partial charge in [-0.15, -0.1) is 0 Å². The predicted octanol–water partition coefficient (Wildman–Crippen LogP) is 2.08. The highest BCUT2D eigenvalue weighted by Crippen LogP contribution is 2.18. The summed E-state index contributed by atoms with van der Waals surface area (Å²) < 4.78 is 32.9. The van der Waals surface area contributed by atoms with Crippen LogP contribution in [0.2, 0.25) is 0 Å². The summed E-state index contributed by atoms with van der Waals surface area (Å²) in [5.74, 6) is -0.378. The molecule has 1 aliphatic heterocycles. The summed E-state index contributed by atoms with van der Waals surface area (Å²) >= 11 is 0. The van der Waals surface area contributed by atoms with Crippen molar-refractivity contribution in [3.05, 3.63) is 59.7 Å². The highest BCUT2D eigenvalue weighted by molar-refractivity contribution is 7.92. The summed E-state index contributed by atoms with van der Waals surface area (Å²) in [7, 11) is -3.71. The maximum Gasteiger partial charge on any atom is 0.261 e. The predicted molar refractivity (Wildman–Crippen MR) is 98.8 cm³/mol. The van der Waals surface area contributed by atoms with Gasteiger partial charge < -0.3 is 9.84 Å². The molecule has 2 aromatic rings. The number of sulfonamides is 1. The number of ether oxygens (including phenoxy) is 1. The van der Waals surface area contributed by atoms with Crippen LogP contribution < -0.4 is 9.83 Å². The Hall–Kier alpha value is -2.38. The Labute approximate surface area is 153 Å². The first-order valence-electron chi connectivity index (χ1n) is 8.47. The van der Waals surface area contributed by atoms with Crippen LogP contribution in [-0.4, -0.2) is 33.6 Å². The van der Waals surface area contributed by atoms with Crippen LogP contribution >= 0.6 is 0 Å². The van der Waals surface area contributed by atoms with Crippen molar-refractivity contribution in [2.75, 3.05) is 17.9 Å². The number of aryl methyl sites for hydroxylation is 1. The Bertz CT molecular complexity index is 886. The summed E-state index contributed by atoms with van der Waals surface area (Å²) in [6, 6.07) is 12.9. The van der Waals surface area contributed by atoms with Gasteiger partial charge in [0.1, 0.15) is 0 Å². The molecule has 0 aromatic heterocycles. The van der Waals surface area contributed by atoms with E-state index in [9.17, 15) is 13.5 Å². The standard InChI is InChI=1S/C19H22N2O4S/c1-14-7-9-18(10-8-14)26(23,24)21-16-5-2-4-15(12-16)19(22)20-13-17-6-3-11-25-17/h2,4-5,7-10,12,17,21H,3,6,11,13H2,1H3,(H,20,22)/p-1. The fraction of sp³-hybridized carbons (Fsp3) is 0.316. The Morgan fingerprint density at radius 2 is 2.04 bits per heavy atom. The maximum atomic E-state index is 12.5. The zero-order valence-electron chi connectivity index (χ0n) is 14.5. The topological polar surface area (TPSA) is 90.8 Å². The van der Waals surface area contributed by atoms with E-state index >= 15 is 0 Å². The van der Waals surface area contributed by atoms with Crippen LogP contribution in [0.25, 0.3) is 0 Å². The number of nitrogens with one attached hydrogen (secondary N) is 1. The van der Waals surface area contributed by atoms with Crippen LogP contribution in [0.1, 0.15) is 24.0 Å². The van der Waals surface area contributed by atoms with Gasteiger partial charge in [-0.05, 0) is 55.5 Å². The molecule has 0 aliphatic carbocycles. The summed E-state index contributed by atoms with van der Waals surface area (Å²) in [4.78, 5) is 4.21. The Morgan fingerprint density at radius 1 is 1.27 bits per heavy atom. The molecule has 1 N–H and O–H groups in total. The van der Waals surface area contributed by atoms with E-state index in [0.717, 1.165) is 18.4 Å². The van der Waals surface area contributed by atoms with Crippen LogP contribution in [0, 0.1) is 6.92 Å². The molecule has 2 aromatic carbocycles. The van der Waals surface area contributed by atoms with Crippen molar-refractivity contribution >= 4 is 21.6 Å². The molecule has 1 saturated heterocycles. The Kier molecular flexibility index (Phi) is 5.58. The quantitative estimate of drug-likeness (QED) is 0.620. The van der Waals surface area contributed by atoms with Gasteiger partial charge in [-0.3, -0.25) is 9.71 Å². The van der Waals surface area contributed by atoms with Crippen LogP contribution in [-0.2, 0) is 14.8 Å². The normalized spacial score (nSPS) is 18.0. The lowest BCUT2D eigenvalue weighted by Gasteiger charge is -2.15. The number of benzene rings is 2. The molecule has 1 fully saturated rings. The molecule has 1 aliphatic rings. The lowest BCUT2D eigenvalue weighted by Crippen LogP contribution is -2.22. The Morgan fingerprint density at radius 3 is 2.73 bits per heavy atom. The fourth-order valence-electron chi connectivity index (χ4n) is 2.71. The van der Waals surface area contributed by atoms with Crippen molar-refractivity contribution in [1.82, 2.24) is 0 Å². The van der Waals surface area contributed by atoms with E-state index in [2.05, 4.69) is 9.71 Å². The minimum absolute atomic E-state index is 0.00201. The molecule has 1 heterocycles. The summed E-state index contributed by atoms with van der Waals surface area (Å²) in [6.07, 6.45) is 1.90. The van der Waals surface area contributed by atoms with Crippen LogP contribution in [0.4, 0.5) is 5.69 Å². The number of hydrogen-bond acceptors (Lipinski definition) is 5. The minimum Gasteiger partial charge on any atom is -0.858 e. The molecule has 0 bridgehead atoms. The zero-order valence-corrected chi connectivity index (χ0v) is 15.3. The van der Waals surface area contributed by atoms with E-state index in [1.807, 2.05) is 6.92 Å². The van der Waals surface area contributed by atoms with Gasteiger partial charge in [0.2, 0.25) is 0 Å². The SMILES string of the molecule is Cc1ccc(S(=O)(=O)Nc2cccc(C([O-])=NCC3CCCO3)c2)cc1. The molecule has 1 unspecified atom stereocenters. The van der Waals surface area contributed by atoms with Crippen LogP contribution in [0.5, 0.6) is 0 Å². The third kappa shape index (κ3) is 4.62. The van der Waals surface area contributed by atoms with Gasteiger partial charge in [-0.1, -0.05) is 29.8 Å². The molecule has 0 saturated carbocycles. The van der Waals surface area contributed by atoms with Gasteiger partial charge in [0.05, 0.1) is 17.5 Å². The minimum atomic E-state index is -3.71.